The van der Waals surface area contributed by atoms with E-state index in [1.165, 1.54) is 35.7 Å². The predicted octanol–water partition coefficient (Wildman–Crippen LogP) is 5.67. The molecule has 0 amide bonds. The van der Waals surface area contributed by atoms with Gasteiger partial charge in [-0.05, 0) is 99.3 Å². The van der Waals surface area contributed by atoms with E-state index in [-0.39, 0.29) is 35.2 Å². The molecule has 0 N–H and O–H groups in total. The smallest absolute Gasteiger partial charge is 0.264 e. The minimum atomic E-state index is -3.93. The van der Waals surface area contributed by atoms with Crippen LogP contribution in [0.4, 0.5) is 10.1 Å². The van der Waals surface area contributed by atoms with Crippen LogP contribution in [0.5, 0.6) is 5.75 Å². The van der Waals surface area contributed by atoms with Crippen LogP contribution in [0.15, 0.2) is 77.7 Å². The van der Waals surface area contributed by atoms with Crippen LogP contribution in [0.1, 0.15) is 48.0 Å². The zero-order valence-electron chi connectivity index (χ0n) is 24.5. The number of likely N-dealkylation sites (tertiary alicyclic amines) is 1. The van der Waals surface area contributed by atoms with Gasteiger partial charge in [0.05, 0.1) is 24.3 Å². The first-order chi connectivity index (χ1) is 20.8. The van der Waals surface area contributed by atoms with E-state index in [1.54, 1.807) is 48.5 Å². The van der Waals surface area contributed by atoms with Crippen molar-refractivity contribution in [2.24, 2.45) is 5.92 Å². The van der Waals surface area contributed by atoms with Crippen LogP contribution in [-0.4, -0.2) is 65.3 Å². The van der Waals surface area contributed by atoms with Gasteiger partial charge >= 0.3 is 0 Å². The van der Waals surface area contributed by atoms with Gasteiger partial charge in [-0.2, -0.15) is 0 Å². The molecule has 1 atom stereocenters. The maximum Gasteiger partial charge on any atom is 0.264 e. The van der Waals surface area contributed by atoms with Crippen molar-refractivity contribution in [1.82, 2.24) is 4.90 Å². The number of hydrogen-bond donors (Lipinski definition) is 0. The average molecular weight is 611 g/mol. The van der Waals surface area contributed by atoms with Crippen molar-refractivity contribution in [2.75, 3.05) is 44.2 Å². The summed E-state index contributed by atoms with van der Waals surface area (Å²) in [7, 11) is -2.40. The first-order valence-electron chi connectivity index (χ1n) is 14.8. The molecule has 0 spiro atoms. The van der Waals surface area contributed by atoms with Gasteiger partial charge in [0.2, 0.25) is 0 Å². The maximum absolute atomic E-state index is 14.0. The van der Waals surface area contributed by atoms with Crippen LogP contribution < -0.4 is 9.04 Å². The summed E-state index contributed by atoms with van der Waals surface area (Å²) in [6.45, 7) is 3.08. The summed E-state index contributed by atoms with van der Waals surface area (Å²) in [5, 5.41) is 0. The van der Waals surface area contributed by atoms with Gasteiger partial charge in [-0.25, -0.2) is 12.8 Å². The predicted molar refractivity (Wildman–Crippen MR) is 162 cm³/mol. The minimum absolute atomic E-state index is 0.0259. The highest BCUT2D eigenvalue weighted by Crippen LogP contribution is 2.33. The second-order valence-electron chi connectivity index (χ2n) is 11.0. The Balaban J connectivity index is 1.25. The number of rotatable bonds is 12. The number of hydrogen-bond acceptors (Lipinski definition) is 7. The van der Waals surface area contributed by atoms with Crippen molar-refractivity contribution in [3.8, 4) is 5.75 Å². The zero-order valence-corrected chi connectivity index (χ0v) is 25.3. The van der Waals surface area contributed by atoms with Crippen LogP contribution in [0.2, 0.25) is 0 Å². The highest BCUT2D eigenvalue weighted by molar-refractivity contribution is 7.92. The van der Waals surface area contributed by atoms with Crippen molar-refractivity contribution in [3.05, 3.63) is 89.7 Å². The number of sulfonamides is 1. The molecule has 0 saturated carbocycles. The van der Waals surface area contributed by atoms with Crippen molar-refractivity contribution < 1.29 is 31.8 Å². The van der Waals surface area contributed by atoms with Gasteiger partial charge in [0.15, 0.2) is 12.1 Å². The molecule has 0 radical (unpaired) electrons. The molecule has 3 aromatic carbocycles. The molecule has 2 aliphatic rings. The molecule has 2 heterocycles. The SMILES string of the molecule is COc1ccccc1N(CCN1CCC(C(=O)c2ccc(F)cc2)CC1)S(=O)(=O)c1ccc(COC2CCCCO2)cc1. The molecule has 2 aliphatic heterocycles. The fraction of sp³-hybridized carbons (Fsp3) is 0.424. The van der Waals surface area contributed by atoms with E-state index in [1.807, 2.05) is 0 Å². The third-order valence-corrected chi connectivity index (χ3v) is 9.97. The molecule has 5 rings (SSSR count). The van der Waals surface area contributed by atoms with Gasteiger partial charge < -0.3 is 19.1 Å². The lowest BCUT2D eigenvalue weighted by Crippen LogP contribution is -2.43. The Kier molecular flexibility index (Phi) is 10.5. The lowest BCUT2D eigenvalue weighted by molar-refractivity contribution is -0.168. The highest BCUT2D eigenvalue weighted by atomic mass is 32.2. The molecule has 2 fully saturated rings. The highest BCUT2D eigenvalue weighted by Gasteiger charge is 2.30. The van der Waals surface area contributed by atoms with E-state index in [4.69, 9.17) is 14.2 Å². The molecule has 0 aliphatic carbocycles. The van der Waals surface area contributed by atoms with E-state index in [0.717, 1.165) is 24.8 Å². The van der Waals surface area contributed by atoms with Crippen molar-refractivity contribution in [3.63, 3.8) is 0 Å². The first kappa shape index (κ1) is 31.1. The number of para-hydroxylation sites is 2. The minimum Gasteiger partial charge on any atom is -0.495 e. The third-order valence-electron chi connectivity index (χ3n) is 8.15. The van der Waals surface area contributed by atoms with Crippen LogP contribution >= 0.6 is 0 Å². The maximum atomic E-state index is 14.0. The van der Waals surface area contributed by atoms with E-state index in [0.29, 0.717) is 62.7 Å². The van der Waals surface area contributed by atoms with Crippen LogP contribution in [0.3, 0.4) is 0 Å². The molecule has 0 aromatic heterocycles. The largest absolute Gasteiger partial charge is 0.495 e. The first-order valence-corrected chi connectivity index (χ1v) is 16.3. The van der Waals surface area contributed by atoms with Crippen molar-refractivity contribution in [2.45, 2.75) is 49.9 Å². The van der Waals surface area contributed by atoms with Gasteiger partial charge in [-0.3, -0.25) is 9.10 Å². The number of methoxy groups -OCH3 is 1. The number of piperidine rings is 1. The lowest BCUT2D eigenvalue weighted by Gasteiger charge is -2.33. The van der Waals surface area contributed by atoms with E-state index in [2.05, 4.69) is 4.90 Å². The number of carbonyl (C=O) groups is 1. The van der Waals surface area contributed by atoms with Crippen molar-refractivity contribution >= 4 is 21.5 Å². The number of anilines is 1. The quantitative estimate of drug-likeness (QED) is 0.245. The standard InChI is InChI=1S/C33H39FN2O6S/c1-40-31-7-3-2-6-30(31)36(22-21-35-19-17-27(18-20-35)33(37)26-11-13-28(34)14-12-26)43(38,39)29-15-9-25(10-16-29)24-42-32-8-4-5-23-41-32/h2-3,6-7,9-16,27,32H,4-5,8,17-24H2,1H3. The van der Waals surface area contributed by atoms with Crippen molar-refractivity contribution in [1.29, 1.82) is 0 Å². The Morgan fingerprint density at radius 2 is 1.70 bits per heavy atom. The fourth-order valence-electron chi connectivity index (χ4n) is 5.62. The summed E-state index contributed by atoms with van der Waals surface area (Å²) in [4.78, 5) is 15.3. The zero-order chi connectivity index (χ0) is 30.2. The summed E-state index contributed by atoms with van der Waals surface area (Å²) in [6, 6.07) is 19.6. The molecule has 10 heteroatoms. The number of ketones is 1. The molecule has 43 heavy (non-hydrogen) atoms. The molecular weight excluding hydrogens is 571 g/mol. The van der Waals surface area contributed by atoms with Crippen LogP contribution in [0.25, 0.3) is 0 Å². The lowest BCUT2D eigenvalue weighted by atomic mass is 9.89. The molecule has 2 saturated heterocycles. The number of ether oxygens (including phenoxy) is 3. The van der Waals surface area contributed by atoms with E-state index >= 15 is 0 Å². The summed E-state index contributed by atoms with van der Waals surface area (Å²) in [5.74, 6) is -0.0104. The van der Waals surface area contributed by atoms with Crippen LogP contribution in [-0.2, 0) is 26.1 Å². The van der Waals surface area contributed by atoms with Gasteiger partial charge in [-0.1, -0.05) is 24.3 Å². The van der Waals surface area contributed by atoms with Gasteiger partial charge in [0.25, 0.3) is 10.0 Å². The summed E-state index contributed by atoms with van der Waals surface area (Å²) in [5.41, 5.74) is 1.86. The number of Topliss-reactive ketones (excluding diaryl/α,β-unsaturated/α-hetero) is 1. The normalized spacial score (nSPS) is 18.3. The Labute approximate surface area is 253 Å². The van der Waals surface area contributed by atoms with Gasteiger partial charge in [0, 0.05) is 31.2 Å². The van der Waals surface area contributed by atoms with Gasteiger partial charge in [0.1, 0.15) is 11.6 Å². The summed E-state index contributed by atoms with van der Waals surface area (Å²) < 4.78 is 59.8. The van der Waals surface area contributed by atoms with E-state index in [9.17, 15) is 17.6 Å². The second-order valence-corrected chi connectivity index (χ2v) is 12.8. The number of halogens is 1. The summed E-state index contributed by atoms with van der Waals surface area (Å²) >= 11 is 0. The Hall–Kier alpha value is -3.31. The molecule has 1 unspecified atom stereocenters. The number of nitrogens with zero attached hydrogens (tertiary/aromatic N) is 2. The Bertz CT molecular complexity index is 1450. The molecule has 8 nitrogen and oxygen atoms in total. The Morgan fingerprint density at radius 3 is 2.37 bits per heavy atom. The monoisotopic (exact) mass is 610 g/mol. The average Bonchev–Trinajstić information content (AvgIpc) is 3.05. The number of benzene rings is 3. The molecular formula is C33H39FN2O6S. The third kappa shape index (κ3) is 7.80. The van der Waals surface area contributed by atoms with E-state index < -0.39 is 10.0 Å². The van der Waals surface area contributed by atoms with Crippen LogP contribution in [0, 0.1) is 11.7 Å². The van der Waals surface area contributed by atoms with Gasteiger partial charge in [-0.15, -0.1) is 0 Å². The summed E-state index contributed by atoms with van der Waals surface area (Å²) in [6.07, 6.45) is 4.09. The fourth-order valence-corrected chi connectivity index (χ4v) is 7.09. The number of carbonyl (C=O) groups excluding carboxylic acids is 1. The topological polar surface area (TPSA) is 85.4 Å². The second kappa shape index (κ2) is 14.4. The Morgan fingerprint density at radius 1 is 0.977 bits per heavy atom. The molecule has 230 valence electrons. The molecule has 0 bridgehead atoms. The molecule has 3 aromatic rings.